The van der Waals surface area contributed by atoms with Gasteiger partial charge in [0.2, 0.25) is 5.89 Å². The summed E-state index contributed by atoms with van der Waals surface area (Å²) in [5.74, 6) is 1.70. The summed E-state index contributed by atoms with van der Waals surface area (Å²) < 4.78 is 29.7. The minimum Gasteiger partial charge on any atom is -0.443 e. The maximum Gasteiger partial charge on any atom is 0.245 e. The molecule has 0 bridgehead atoms. The molecule has 2 aliphatic rings. The van der Waals surface area contributed by atoms with E-state index < -0.39 is 14.6 Å². The van der Waals surface area contributed by atoms with Crippen molar-refractivity contribution in [2.75, 3.05) is 5.75 Å². The molecule has 0 N–H and O–H groups in total. The van der Waals surface area contributed by atoms with Gasteiger partial charge < -0.3 is 4.42 Å². The van der Waals surface area contributed by atoms with Gasteiger partial charge in [0.15, 0.2) is 9.84 Å². The number of allylic oxidation sites excluding steroid dienone is 1. The fourth-order valence-corrected chi connectivity index (χ4v) is 5.67. The Morgan fingerprint density at radius 1 is 1.14 bits per heavy atom. The van der Waals surface area contributed by atoms with Crippen molar-refractivity contribution >= 4 is 15.9 Å². The van der Waals surface area contributed by atoms with Crippen LogP contribution in [0.15, 0.2) is 34.6 Å². The molecule has 5 nitrogen and oxygen atoms in total. The number of aromatic nitrogens is 2. The van der Waals surface area contributed by atoms with Crippen LogP contribution >= 0.6 is 0 Å². The van der Waals surface area contributed by atoms with E-state index in [-0.39, 0.29) is 0 Å². The summed E-state index contributed by atoms with van der Waals surface area (Å²) in [6, 6.07) is 4.09. The van der Waals surface area contributed by atoms with Crippen LogP contribution in [0.5, 0.6) is 0 Å². The van der Waals surface area contributed by atoms with Gasteiger partial charge in [-0.05, 0) is 82.4 Å². The Morgan fingerprint density at radius 2 is 1.89 bits per heavy atom. The Kier molecular flexibility index (Phi) is 4.94. The molecule has 0 saturated heterocycles. The Labute approximate surface area is 167 Å². The monoisotopic (exact) mass is 400 g/mol. The second-order valence-corrected chi connectivity index (χ2v) is 11.9. The number of nitrogens with zero attached hydrogens (tertiary/aromatic N) is 2. The third-order valence-corrected chi connectivity index (χ3v) is 8.92. The predicted octanol–water partition coefficient (Wildman–Crippen LogP) is 4.70. The highest BCUT2D eigenvalue weighted by Gasteiger charge is 2.34. The summed E-state index contributed by atoms with van der Waals surface area (Å²) in [4.78, 5) is 8.90. The summed E-state index contributed by atoms with van der Waals surface area (Å²) in [6.45, 7) is 5.40. The van der Waals surface area contributed by atoms with Gasteiger partial charge >= 0.3 is 0 Å². The summed E-state index contributed by atoms with van der Waals surface area (Å²) in [7, 11) is -3.04. The summed E-state index contributed by atoms with van der Waals surface area (Å²) in [5, 5.41) is 0. The molecule has 2 heterocycles. The molecule has 0 amide bonds. The molecule has 1 saturated carbocycles. The van der Waals surface area contributed by atoms with Gasteiger partial charge in [0, 0.05) is 0 Å². The average Bonchev–Trinajstić information content (AvgIpc) is 3.30. The number of pyridine rings is 1. The van der Waals surface area contributed by atoms with Crippen LogP contribution in [0.4, 0.5) is 0 Å². The van der Waals surface area contributed by atoms with E-state index in [1.165, 1.54) is 11.1 Å². The van der Waals surface area contributed by atoms with Crippen LogP contribution in [0.25, 0.3) is 17.7 Å². The Balaban J connectivity index is 1.41. The zero-order valence-corrected chi connectivity index (χ0v) is 17.6. The van der Waals surface area contributed by atoms with Crippen LogP contribution in [-0.4, -0.2) is 28.9 Å². The SMILES string of the molecule is CC(C)(C)S(=O)(=O)CC1CCC(C2=Cc3nc(-c4ncco4)ccc3C2)CC1. The van der Waals surface area contributed by atoms with Gasteiger partial charge in [0.25, 0.3) is 0 Å². The quantitative estimate of drug-likeness (QED) is 0.744. The van der Waals surface area contributed by atoms with Gasteiger partial charge in [0.05, 0.1) is 22.4 Å². The molecule has 0 aromatic carbocycles. The fourth-order valence-electron chi connectivity index (χ4n) is 4.22. The number of oxazole rings is 1. The van der Waals surface area contributed by atoms with E-state index in [1.807, 2.05) is 6.07 Å². The smallest absolute Gasteiger partial charge is 0.245 e. The molecule has 0 atom stereocenters. The van der Waals surface area contributed by atoms with E-state index in [1.54, 1.807) is 33.2 Å². The van der Waals surface area contributed by atoms with Crippen molar-refractivity contribution in [2.45, 2.75) is 57.6 Å². The van der Waals surface area contributed by atoms with Crippen LogP contribution < -0.4 is 0 Å². The molecular weight excluding hydrogens is 372 g/mol. The third-order valence-electron chi connectivity index (χ3n) is 6.14. The Hall–Kier alpha value is -1.95. The van der Waals surface area contributed by atoms with Crippen LogP contribution in [-0.2, 0) is 16.3 Å². The lowest BCUT2D eigenvalue weighted by Crippen LogP contribution is -2.34. The van der Waals surface area contributed by atoms with E-state index in [2.05, 4.69) is 17.1 Å². The first kappa shape index (κ1) is 19.4. The number of hydrogen-bond donors (Lipinski definition) is 0. The van der Waals surface area contributed by atoms with Gasteiger partial charge in [-0.1, -0.05) is 11.6 Å². The number of sulfone groups is 1. The predicted molar refractivity (Wildman–Crippen MR) is 110 cm³/mol. The van der Waals surface area contributed by atoms with Crippen molar-refractivity contribution in [3.05, 3.63) is 41.4 Å². The molecule has 0 aliphatic heterocycles. The van der Waals surface area contributed by atoms with Gasteiger partial charge in [-0.3, -0.25) is 0 Å². The van der Waals surface area contributed by atoms with Crippen molar-refractivity contribution in [1.82, 2.24) is 9.97 Å². The molecule has 2 aromatic rings. The lowest BCUT2D eigenvalue weighted by Gasteiger charge is -2.31. The van der Waals surface area contributed by atoms with Crippen molar-refractivity contribution in [3.63, 3.8) is 0 Å². The Bertz CT molecular complexity index is 977. The normalized spacial score (nSPS) is 22.8. The number of rotatable bonds is 4. The van der Waals surface area contributed by atoms with Gasteiger partial charge in [-0.15, -0.1) is 0 Å². The lowest BCUT2D eigenvalue weighted by molar-refractivity contribution is 0.319. The molecule has 0 unspecified atom stereocenters. The summed E-state index contributed by atoms with van der Waals surface area (Å²) >= 11 is 0. The van der Waals surface area contributed by atoms with Crippen molar-refractivity contribution in [3.8, 4) is 11.6 Å². The van der Waals surface area contributed by atoms with Crippen LogP contribution in [0.2, 0.25) is 0 Å². The lowest BCUT2D eigenvalue weighted by atomic mass is 9.78. The topological polar surface area (TPSA) is 73.1 Å². The van der Waals surface area contributed by atoms with Gasteiger partial charge in [-0.25, -0.2) is 18.4 Å². The van der Waals surface area contributed by atoms with Crippen molar-refractivity contribution < 1.29 is 12.8 Å². The first-order valence-corrected chi connectivity index (χ1v) is 11.7. The highest BCUT2D eigenvalue weighted by atomic mass is 32.2. The van der Waals surface area contributed by atoms with Crippen LogP contribution in [0.1, 0.15) is 57.7 Å². The minimum atomic E-state index is -3.04. The molecule has 6 heteroatoms. The molecule has 1 fully saturated rings. The first-order chi connectivity index (χ1) is 13.2. The number of fused-ring (bicyclic) bond motifs is 1. The van der Waals surface area contributed by atoms with E-state index in [9.17, 15) is 8.42 Å². The standard InChI is InChI=1S/C22H28N2O3S/c1-22(2,3)28(25,26)14-15-4-6-16(7-5-15)18-12-17-8-9-19(24-20(17)13-18)21-23-10-11-27-21/h8-11,13,15-16H,4-7,12,14H2,1-3H3. The van der Waals surface area contributed by atoms with E-state index in [0.717, 1.165) is 43.5 Å². The highest BCUT2D eigenvalue weighted by Crippen LogP contribution is 2.39. The maximum absolute atomic E-state index is 12.5. The van der Waals surface area contributed by atoms with Crippen LogP contribution in [0.3, 0.4) is 0 Å². The van der Waals surface area contributed by atoms with Crippen molar-refractivity contribution in [1.29, 1.82) is 0 Å². The van der Waals surface area contributed by atoms with Gasteiger partial charge in [0.1, 0.15) is 12.0 Å². The van der Waals surface area contributed by atoms with E-state index >= 15 is 0 Å². The zero-order valence-electron chi connectivity index (χ0n) is 16.8. The highest BCUT2D eigenvalue weighted by molar-refractivity contribution is 7.92. The first-order valence-electron chi connectivity index (χ1n) is 10.1. The number of hydrogen-bond acceptors (Lipinski definition) is 5. The zero-order chi connectivity index (χ0) is 19.9. The fraction of sp³-hybridized carbons (Fsp3) is 0.545. The summed E-state index contributed by atoms with van der Waals surface area (Å²) in [6.07, 6.45) is 10.5. The molecule has 4 rings (SSSR count). The molecule has 2 aromatic heterocycles. The molecule has 2 aliphatic carbocycles. The third kappa shape index (κ3) is 3.79. The minimum absolute atomic E-state index is 0.291. The van der Waals surface area contributed by atoms with E-state index in [0.29, 0.717) is 23.5 Å². The molecule has 28 heavy (non-hydrogen) atoms. The largest absolute Gasteiger partial charge is 0.443 e. The Morgan fingerprint density at radius 3 is 2.54 bits per heavy atom. The molecule has 0 spiro atoms. The van der Waals surface area contributed by atoms with Crippen molar-refractivity contribution in [2.24, 2.45) is 11.8 Å². The molecule has 0 radical (unpaired) electrons. The van der Waals surface area contributed by atoms with E-state index in [4.69, 9.17) is 9.40 Å². The molecular formula is C22H28N2O3S. The van der Waals surface area contributed by atoms with Gasteiger partial charge in [-0.2, -0.15) is 0 Å². The second-order valence-electron chi connectivity index (χ2n) is 9.09. The maximum atomic E-state index is 12.5. The average molecular weight is 401 g/mol. The molecule has 150 valence electrons. The summed E-state index contributed by atoms with van der Waals surface area (Å²) in [5.41, 5.74) is 4.47. The van der Waals surface area contributed by atoms with Crippen LogP contribution in [0, 0.1) is 11.8 Å². The second kappa shape index (κ2) is 7.14.